The highest BCUT2D eigenvalue weighted by molar-refractivity contribution is 14.1. The number of rotatable bonds is 6. The Labute approximate surface area is 138 Å². The van der Waals surface area contributed by atoms with Gasteiger partial charge in [-0.25, -0.2) is 0 Å². The highest BCUT2D eigenvalue weighted by Crippen LogP contribution is 2.15. The molecule has 0 aliphatic carbocycles. The molecule has 0 atom stereocenters. The Morgan fingerprint density at radius 2 is 1.95 bits per heavy atom. The third kappa shape index (κ3) is 4.40. The molecular formula is C16H18INOS. The van der Waals surface area contributed by atoms with Gasteiger partial charge in [0.05, 0.1) is 6.54 Å². The predicted octanol–water partition coefficient (Wildman–Crippen LogP) is 4.45. The molecule has 2 nitrogen and oxygen atoms in total. The summed E-state index contributed by atoms with van der Waals surface area (Å²) in [6.07, 6.45) is 0. The minimum absolute atomic E-state index is 0.187. The van der Waals surface area contributed by atoms with E-state index in [1.165, 1.54) is 4.88 Å². The van der Waals surface area contributed by atoms with E-state index < -0.39 is 0 Å². The highest BCUT2D eigenvalue weighted by Gasteiger charge is 2.16. The fourth-order valence-corrected chi connectivity index (χ4v) is 3.02. The lowest BCUT2D eigenvalue weighted by atomic mass is 10.1. The minimum Gasteiger partial charge on any atom is -0.293 e. The number of carbonyl (C=O) groups is 1. The summed E-state index contributed by atoms with van der Waals surface area (Å²) in [5, 5.41) is 2.08. The Hall–Kier alpha value is -0.720. The first kappa shape index (κ1) is 15.7. The Kier molecular flexibility index (Phi) is 5.74. The fraction of sp³-hybridized carbons (Fsp3) is 0.312. The molecule has 0 amide bonds. The molecular weight excluding hydrogens is 381 g/mol. The van der Waals surface area contributed by atoms with Crippen molar-refractivity contribution in [3.8, 4) is 0 Å². The molecule has 1 heterocycles. The van der Waals surface area contributed by atoms with Gasteiger partial charge >= 0.3 is 0 Å². The summed E-state index contributed by atoms with van der Waals surface area (Å²) >= 11 is 3.99. The first-order valence-corrected chi connectivity index (χ1v) is 8.57. The smallest absolute Gasteiger partial charge is 0.176 e. The molecule has 2 aromatic rings. The van der Waals surface area contributed by atoms with Gasteiger partial charge in [-0.1, -0.05) is 18.2 Å². The van der Waals surface area contributed by atoms with Crippen LogP contribution in [0.2, 0.25) is 0 Å². The maximum atomic E-state index is 12.4. The molecule has 0 spiro atoms. The van der Waals surface area contributed by atoms with Crippen LogP contribution >= 0.6 is 33.9 Å². The van der Waals surface area contributed by atoms with Gasteiger partial charge in [0, 0.05) is 26.6 Å². The van der Waals surface area contributed by atoms with E-state index >= 15 is 0 Å². The van der Waals surface area contributed by atoms with E-state index in [0.29, 0.717) is 12.6 Å². The summed E-state index contributed by atoms with van der Waals surface area (Å²) in [5.74, 6) is 0.187. The number of halogens is 1. The summed E-state index contributed by atoms with van der Waals surface area (Å²) in [4.78, 5) is 15.9. The zero-order valence-electron chi connectivity index (χ0n) is 11.7. The van der Waals surface area contributed by atoms with Crippen molar-refractivity contribution in [1.82, 2.24) is 4.90 Å². The molecule has 0 aliphatic heterocycles. The minimum atomic E-state index is 0.187. The number of hydrogen-bond donors (Lipinski definition) is 0. The van der Waals surface area contributed by atoms with E-state index in [2.05, 4.69) is 58.9 Å². The van der Waals surface area contributed by atoms with Crippen LogP contribution in [0.4, 0.5) is 0 Å². The van der Waals surface area contributed by atoms with Gasteiger partial charge in [-0.15, -0.1) is 11.3 Å². The monoisotopic (exact) mass is 399 g/mol. The van der Waals surface area contributed by atoms with Crippen LogP contribution in [0.3, 0.4) is 0 Å². The van der Waals surface area contributed by atoms with Gasteiger partial charge in [0.2, 0.25) is 0 Å². The molecule has 0 bridgehead atoms. The number of nitrogens with zero attached hydrogens (tertiary/aromatic N) is 1. The van der Waals surface area contributed by atoms with E-state index in [0.717, 1.165) is 15.7 Å². The van der Waals surface area contributed by atoms with Crippen molar-refractivity contribution >= 4 is 39.7 Å². The van der Waals surface area contributed by atoms with Crippen LogP contribution in [-0.2, 0) is 6.54 Å². The molecule has 1 aromatic carbocycles. The van der Waals surface area contributed by atoms with Gasteiger partial charge < -0.3 is 0 Å². The summed E-state index contributed by atoms with van der Waals surface area (Å²) in [6.45, 7) is 5.57. The summed E-state index contributed by atoms with van der Waals surface area (Å²) < 4.78 is 1.15. The normalized spacial score (nSPS) is 11.2. The molecule has 0 saturated carbocycles. The molecule has 0 aliphatic rings. The summed E-state index contributed by atoms with van der Waals surface area (Å²) in [7, 11) is 0. The van der Waals surface area contributed by atoms with Crippen LogP contribution in [0.15, 0.2) is 41.8 Å². The van der Waals surface area contributed by atoms with Gasteiger partial charge in [-0.2, -0.15) is 0 Å². The van der Waals surface area contributed by atoms with Crippen molar-refractivity contribution in [3.63, 3.8) is 0 Å². The van der Waals surface area contributed by atoms with Crippen LogP contribution in [0.5, 0.6) is 0 Å². The van der Waals surface area contributed by atoms with Crippen LogP contribution in [0.1, 0.15) is 29.1 Å². The van der Waals surface area contributed by atoms with Crippen molar-refractivity contribution in [2.24, 2.45) is 0 Å². The van der Waals surface area contributed by atoms with E-state index in [1.54, 1.807) is 11.3 Å². The van der Waals surface area contributed by atoms with Gasteiger partial charge in [-0.3, -0.25) is 9.69 Å². The first-order valence-electron chi connectivity index (χ1n) is 6.61. The van der Waals surface area contributed by atoms with Gasteiger partial charge in [0.15, 0.2) is 5.78 Å². The second-order valence-electron chi connectivity index (χ2n) is 5.01. The van der Waals surface area contributed by atoms with Crippen molar-refractivity contribution in [3.05, 3.63) is 55.8 Å². The van der Waals surface area contributed by atoms with E-state index in [1.807, 2.05) is 24.3 Å². The summed E-state index contributed by atoms with van der Waals surface area (Å²) in [6, 6.07) is 12.3. The predicted molar refractivity (Wildman–Crippen MR) is 93.4 cm³/mol. The van der Waals surface area contributed by atoms with Crippen molar-refractivity contribution < 1.29 is 4.79 Å². The average molecular weight is 399 g/mol. The van der Waals surface area contributed by atoms with E-state index in [4.69, 9.17) is 0 Å². The number of carbonyl (C=O) groups excluding carboxylic acids is 1. The van der Waals surface area contributed by atoms with Crippen LogP contribution in [0.25, 0.3) is 0 Å². The number of Topliss-reactive ketones (excluding diaryl/α,β-unsaturated/α-hetero) is 1. The zero-order valence-corrected chi connectivity index (χ0v) is 14.6. The van der Waals surface area contributed by atoms with Crippen molar-refractivity contribution in [2.45, 2.75) is 26.4 Å². The number of ketones is 1. The first-order chi connectivity index (χ1) is 9.56. The number of benzene rings is 1. The third-order valence-corrected chi connectivity index (χ3v) is 4.76. The number of thiophene rings is 1. The molecule has 0 radical (unpaired) electrons. The largest absolute Gasteiger partial charge is 0.293 e. The Morgan fingerprint density at radius 1 is 1.25 bits per heavy atom. The Morgan fingerprint density at radius 3 is 2.50 bits per heavy atom. The Balaban J connectivity index is 2.04. The van der Waals surface area contributed by atoms with E-state index in [-0.39, 0.29) is 5.78 Å². The van der Waals surface area contributed by atoms with E-state index in [9.17, 15) is 4.79 Å². The SMILES string of the molecule is CC(C)N(CC(=O)c1ccc(I)cc1)Cc1cccs1. The topological polar surface area (TPSA) is 20.3 Å². The second kappa shape index (κ2) is 7.33. The molecule has 2 rings (SSSR count). The molecule has 0 unspecified atom stereocenters. The van der Waals surface area contributed by atoms with Crippen molar-refractivity contribution in [1.29, 1.82) is 0 Å². The highest BCUT2D eigenvalue weighted by atomic mass is 127. The zero-order chi connectivity index (χ0) is 14.5. The molecule has 20 heavy (non-hydrogen) atoms. The molecule has 0 saturated heterocycles. The fourth-order valence-electron chi connectivity index (χ4n) is 1.94. The number of hydrogen-bond acceptors (Lipinski definition) is 3. The van der Waals surface area contributed by atoms with Crippen LogP contribution < -0.4 is 0 Å². The lowest BCUT2D eigenvalue weighted by molar-refractivity contribution is 0.0899. The quantitative estimate of drug-likeness (QED) is 0.529. The standard InChI is InChI=1S/C16H18INOS/c1-12(2)18(10-15-4-3-9-20-15)11-16(19)13-5-7-14(17)8-6-13/h3-9,12H,10-11H2,1-2H3. The third-order valence-electron chi connectivity index (χ3n) is 3.18. The molecule has 0 N–H and O–H groups in total. The average Bonchev–Trinajstić information content (AvgIpc) is 2.91. The maximum absolute atomic E-state index is 12.4. The Bertz CT molecular complexity index is 548. The second-order valence-corrected chi connectivity index (χ2v) is 7.29. The van der Waals surface area contributed by atoms with Crippen LogP contribution in [-0.4, -0.2) is 23.3 Å². The lowest BCUT2D eigenvalue weighted by Crippen LogP contribution is -2.35. The summed E-state index contributed by atoms with van der Waals surface area (Å²) in [5.41, 5.74) is 0.794. The van der Waals surface area contributed by atoms with Gasteiger partial charge in [-0.05, 0) is 60.0 Å². The maximum Gasteiger partial charge on any atom is 0.176 e. The van der Waals surface area contributed by atoms with Gasteiger partial charge in [0.1, 0.15) is 0 Å². The van der Waals surface area contributed by atoms with Crippen molar-refractivity contribution in [2.75, 3.05) is 6.54 Å². The molecule has 4 heteroatoms. The van der Waals surface area contributed by atoms with Crippen LogP contribution in [0, 0.1) is 3.57 Å². The molecule has 106 valence electrons. The lowest BCUT2D eigenvalue weighted by Gasteiger charge is -2.25. The molecule has 1 aromatic heterocycles. The van der Waals surface area contributed by atoms with Gasteiger partial charge in [0.25, 0.3) is 0 Å². The molecule has 0 fully saturated rings.